The van der Waals surface area contributed by atoms with Crippen LogP contribution in [0, 0.1) is 6.92 Å². The van der Waals surface area contributed by atoms with Crippen LogP contribution in [0.4, 0.5) is 15.5 Å². The lowest BCUT2D eigenvalue weighted by molar-refractivity contribution is -0.144. The molecule has 0 aliphatic carbocycles. The fourth-order valence-electron chi connectivity index (χ4n) is 5.17. The normalized spacial score (nSPS) is 18.3. The number of amides is 5. The quantitative estimate of drug-likeness (QED) is 0.426. The van der Waals surface area contributed by atoms with Crippen LogP contribution in [0.3, 0.4) is 0 Å². The number of hydrogen-bond acceptors (Lipinski definition) is 6. The molecule has 230 valence electrons. The molecule has 1 aromatic heterocycles. The molecule has 1 atom stereocenters. The van der Waals surface area contributed by atoms with Crippen molar-refractivity contribution in [3.8, 4) is 0 Å². The summed E-state index contributed by atoms with van der Waals surface area (Å²) in [7, 11) is 1.74. The van der Waals surface area contributed by atoms with Crippen molar-refractivity contribution in [3.63, 3.8) is 0 Å². The first-order valence-corrected chi connectivity index (χ1v) is 15.4. The molecule has 1 aromatic carbocycles. The summed E-state index contributed by atoms with van der Waals surface area (Å²) < 4.78 is 0. The fraction of sp³-hybridized carbons (Fsp3) is 0.469. The molecule has 43 heavy (non-hydrogen) atoms. The second-order valence-corrected chi connectivity index (χ2v) is 13.6. The predicted molar refractivity (Wildman–Crippen MR) is 173 cm³/mol. The number of dihydropyridines is 1. The molecule has 0 bridgehead atoms. The fourth-order valence-corrected chi connectivity index (χ4v) is 6.27. The van der Waals surface area contributed by atoms with E-state index in [4.69, 9.17) is 0 Å². The third-order valence-corrected chi connectivity index (χ3v) is 9.27. The highest BCUT2D eigenvalue weighted by atomic mass is 32.1. The van der Waals surface area contributed by atoms with Gasteiger partial charge in [-0.25, -0.2) is 4.79 Å². The molecule has 2 aliphatic rings. The zero-order chi connectivity index (χ0) is 31.7. The van der Waals surface area contributed by atoms with Gasteiger partial charge in [0.2, 0.25) is 11.8 Å². The van der Waals surface area contributed by atoms with Crippen LogP contribution in [0.1, 0.15) is 74.3 Å². The Morgan fingerprint density at radius 3 is 2.47 bits per heavy atom. The van der Waals surface area contributed by atoms with E-state index >= 15 is 0 Å². The highest BCUT2D eigenvalue weighted by Gasteiger charge is 2.44. The number of allylic oxidation sites excluding steroid dienone is 1. The Bertz CT molecular complexity index is 1500. The monoisotopic (exact) mass is 606 g/mol. The highest BCUT2D eigenvalue weighted by molar-refractivity contribution is 7.16. The second-order valence-electron chi connectivity index (χ2n) is 12.5. The molecule has 1 unspecified atom stereocenters. The Kier molecular flexibility index (Phi) is 9.15. The van der Waals surface area contributed by atoms with Gasteiger partial charge in [-0.3, -0.25) is 24.7 Å². The van der Waals surface area contributed by atoms with E-state index in [1.165, 1.54) is 11.3 Å². The average Bonchev–Trinajstić information content (AvgIpc) is 3.37. The summed E-state index contributed by atoms with van der Waals surface area (Å²) in [6.07, 6.45) is 4.19. The predicted octanol–water partition coefficient (Wildman–Crippen LogP) is 5.05. The SMILES string of the molecule is CCNC(=O)C1CC=C(c2cc(NC(=O)Nc3sc(C(C)(C)C)cc3C(=O)N3CCN(C)C(=O)C3(C)C)ccc2C)C=N1. The summed E-state index contributed by atoms with van der Waals surface area (Å²) in [5, 5.41) is 9.04. The van der Waals surface area contributed by atoms with Crippen molar-refractivity contribution in [2.75, 3.05) is 37.3 Å². The average molecular weight is 607 g/mol. The number of aryl methyl sites for hydroxylation is 1. The van der Waals surface area contributed by atoms with E-state index < -0.39 is 17.6 Å². The lowest BCUT2D eigenvalue weighted by Crippen LogP contribution is -2.63. The molecule has 0 saturated carbocycles. The maximum Gasteiger partial charge on any atom is 0.324 e. The van der Waals surface area contributed by atoms with E-state index in [1.807, 2.05) is 44.2 Å². The van der Waals surface area contributed by atoms with Gasteiger partial charge >= 0.3 is 6.03 Å². The first-order chi connectivity index (χ1) is 20.1. The molecule has 2 aliphatic heterocycles. The van der Waals surface area contributed by atoms with E-state index in [9.17, 15) is 19.2 Å². The number of likely N-dealkylation sites (N-methyl/N-ethyl adjacent to an activating group) is 2. The molecule has 10 nitrogen and oxygen atoms in total. The number of benzene rings is 1. The van der Waals surface area contributed by atoms with Gasteiger partial charge in [-0.05, 0) is 74.4 Å². The Morgan fingerprint density at radius 1 is 1.12 bits per heavy atom. The van der Waals surface area contributed by atoms with Crippen LogP contribution in [0.15, 0.2) is 35.3 Å². The Morgan fingerprint density at radius 2 is 1.84 bits per heavy atom. The van der Waals surface area contributed by atoms with Crippen molar-refractivity contribution in [2.45, 2.75) is 71.9 Å². The first kappa shape index (κ1) is 31.9. The standard InChI is InChI=1S/C32H42N6O4S/c1-9-33-26(39)24-13-11-20(18-34-24)22-16-21(12-10-19(22)2)35-30(42)36-27-23(17-25(43-27)31(3,4)5)28(40)38-15-14-37(8)29(41)32(38,6)7/h10-12,16-18,24H,9,13-15H2,1-8H3,(H,33,39)(H2,35,36,42). The molecule has 3 heterocycles. The number of nitrogens with zero attached hydrogens (tertiary/aromatic N) is 3. The third kappa shape index (κ3) is 6.82. The summed E-state index contributed by atoms with van der Waals surface area (Å²) in [5.41, 5.74) is 2.47. The Labute approximate surface area is 257 Å². The minimum Gasteiger partial charge on any atom is -0.355 e. The molecule has 5 amide bonds. The van der Waals surface area contributed by atoms with Gasteiger partial charge in [0.1, 0.15) is 16.6 Å². The summed E-state index contributed by atoms with van der Waals surface area (Å²) in [6, 6.07) is 6.51. The first-order valence-electron chi connectivity index (χ1n) is 14.6. The number of aliphatic imine (C=N–C) groups is 1. The summed E-state index contributed by atoms with van der Waals surface area (Å²) in [4.78, 5) is 60.8. The number of thiophene rings is 1. The molecule has 3 N–H and O–H groups in total. The summed E-state index contributed by atoms with van der Waals surface area (Å²) >= 11 is 1.36. The second kappa shape index (κ2) is 12.3. The van der Waals surface area contributed by atoms with Gasteiger partial charge in [-0.1, -0.05) is 32.9 Å². The number of anilines is 2. The van der Waals surface area contributed by atoms with E-state index in [0.717, 1.165) is 21.6 Å². The zero-order valence-corrected chi connectivity index (χ0v) is 27.1. The largest absolute Gasteiger partial charge is 0.355 e. The molecule has 0 spiro atoms. The zero-order valence-electron chi connectivity index (χ0n) is 26.3. The maximum atomic E-state index is 13.9. The summed E-state index contributed by atoms with van der Waals surface area (Å²) in [6.45, 7) is 14.9. The summed E-state index contributed by atoms with van der Waals surface area (Å²) in [5.74, 6) is -0.513. The van der Waals surface area contributed by atoms with Crippen LogP contribution in [-0.4, -0.2) is 78.0 Å². The minimum absolute atomic E-state index is 0.0957. The van der Waals surface area contributed by atoms with Crippen LogP contribution < -0.4 is 16.0 Å². The number of carbonyl (C=O) groups is 4. The smallest absolute Gasteiger partial charge is 0.324 e. The van der Waals surface area contributed by atoms with E-state index in [2.05, 4.69) is 41.7 Å². The van der Waals surface area contributed by atoms with Gasteiger partial charge in [0.05, 0.1) is 5.56 Å². The van der Waals surface area contributed by atoms with Crippen molar-refractivity contribution in [2.24, 2.45) is 4.99 Å². The van der Waals surface area contributed by atoms with Crippen molar-refractivity contribution in [1.29, 1.82) is 0 Å². The van der Waals surface area contributed by atoms with E-state index in [-0.39, 0.29) is 23.1 Å². The van der Waals surface area contributed by atoms with Gasteiger partial charge in [0.25, 0.3) is 5.91 Å². The molecular weight excluding hydrogens is 564 g/mol. The van der Waals surface area contributed by atoms with E-state index in [0.29, 0.717) is 42.3 Å². The van der Waals surface area contributed by atoms with Gasteiger partial charge < -0.3 is 20.4 Å². The molecule has 2 aromatic rings. The molecule has 11 heteroatoms. The third-order valence-electron chi connectivity index (χ3n) is 7.79. The number of hydrogen-bond donors (Lipinski definition) is 3. The van der Waals surface area contributed by atoms with Crippen molar-refractivity contribution in [3.05, 3.63) is 51.9 Å². The van der Waals surface area contributed by atoms with Crippen LogP contribution >= 0.6 is 11.3 Å². The molecule has 1 fully saturated rings. The van der Waals surface area contributed by atoms with Gasteiger partial charge in [-0.15, -0.1) is 11.3 Å². The van der Waals surface area contributed by atoms with Crippen molar-refractivity contribution in [1.82, 2.24) is 15.1 Å². The van der Waals surface area contributed by atoms with Crippen LogP contribution in [0.5, 0.6) is 0 Å². The number of piperazine rings is 1. The van der Waals surface area contributed by atoms with Crippen LogP contribution in [0.25, 0.3) is 5.57 Å². The highest BCUT2D eigenvalue weighted by Crippen LogP contribution is 2.38. The Hall–Kier alpha value is -3.99. The molecule has 1 saturated heterocycles. The lowest BCUT2D eigenvalue weighted by atomic mass is 9.93. The van der Waals surface area contributed by atoms with Crippen LogP contribution in [0.2, 0.25) is 0 Å². The number of nitrogens with one attached hydrogen (secondary N) is 3. The number of carbonyl (C=O) groups excluding carboxylic acids is 4. The number of urea groups is 1. The molecular formula is C32H42N6O4S. The lowest BCUT2D eigenvalue weighted by Gasteiger charge is -2.44. The number of rotatable bonds is 6. The topological polar surface area (TPSA) is 123 Å². The van der Waals surface area contributed by atoms with Gasteiger partial charge in [-0.2, -0.15) is 0 Å². The van der Waals surface area contributed by atoms with Crippen molar-refractivity contribution >= 4 is 57.6 Å². The van der Waals surface area contributed by atoms with Gasteiger partial charge in [0, 0.05) is 43.5 Å². The van der Waals surface area contributed by atoms with Gasteiger partial charge in [0.15, 0.2) is 0 Å². The molecule has 4 rings (SSSR count). The van der Waals surface area contributed by atoms with Crippen LogP contribution in [-0.2, 0) is 15.0 Å². The molecule has 0 radical (unpaired) electrons. The van der Waals surface area contributed by atoms with Crippen molar-refractivity contribution < 1.29 is 19.2 Å². The Balaban J connectivity index is 1.55. The van der Waals surface area contributed by atoms with E-state index in [1.54, 1.807) is 36.9 Å². The maximum absolute atomic E-state index is 13.9. The minimum atomic E-state index is -1.01.